The maximum Gasteiger partial charge on any atom is 0.156 e. The van der Waals surface area contributed by atoms with Crippen LogP contribution in [0, 0.1) is 11.8 Å². The molecule has 3 rings (SSSR count). The first-order chi connectivity index (χ1) is 10.3. The number of ketones is 1. The van der Waals surface area contributed by atoms with Crippen molar-refractivity contribution < 1.29 is 9.53 Å². The molecule has 0 amide bonds. The summed E-state index contributed by atoms with van der Waals surface area (Å²) in [6, 6.07) is 0. The van der Waals surface area contributed by atoms with Crippen molar-refractivity contribution in [2.24, 2.45) is 11.8 Å². The first-order valence-electron chi connectivity index (χ1n) is 9.13. The van der Waals surface area contributed by atoms with E-state index in [1.165, 1.54) is 32.1 Å². The molecule has 1 aliphatic heterocycles. The molecular weight excluding hydrogens is 262 g/mol. The van der Waals surface area contributed by atoms with Crippen LogP contribution >= 0.6 is 0 Å². The summed E-state index contributed by atoms with van der Waals surface area (Å²) >= 11 is 0. The first-order valence-corrected chi connectivity index (χ1v) is 9.13. The minimum absolute atomic E-state index is 0.121. The van der Waals surface area contributed by atoms with E-state index in [-0.39, 0.29) is 5.54 Å². The Morgan fingerprint density at radius 3 is 2.52 bits per heavy atom. The number of nitrogens with zero attached hydrogens (tertiary/aromatic N) is 1. The molecule has 0 aromatic rings. The molecule has 3 heteroatoms. The molecule has 3 aliphatic rings. The standard InChI is InChI=1S/C18H31NO2/c1-2-15-6-5-7-16(14-15)17(20)18(8-3-4-9-18)19-10-12-21-13-11-19/h15-16H,2-14H2,1H3. The molecule has 2 saturated carbocycles. The highest BCUT2D eigenvalue weighted by atomic mass is 16.5. The Morgan fingerprint density at radius 2 is 1.86 bits per heavy atom. The molecule has 1 saturated heterocycles. The average Bonchev–Trinajstić information content (AvgIpc) is 3.06. The summed E-state index contributed by atoms with van der Waals surface area (Å²) in [6.45, 7) is 5.80. The van der Waals surface area contributed by atoms with Gasteiger partial charge in [0.25, 0.3) is 0 Å². The lowest BCUT2D eigenvalue weighted by atomic mass is 9.72. The van der Waals surface area contributed by atoms with Crippen LogP contribution in [0.1, 0.15) is 64.7 Å². The molecule has 3 fully saturated rings. The fourth-order valence-corrected chi connectivity index (χ4v) is 4.95. The highest BCUT2D eigenvalue weighted by Crippen LogP contribution is 2.42. The third-order valence-electron chi connectivity index (χ3n) is 6.24. The Hall–Kier alpha value is -0.410. The van der Waals surface area contributed by atoms with Gasteiger partial charge in [0.1, 0.15) is 0 Å². The normalized spacial score (nSPS) is 34.0. The third-order valence-corrected chi connectivity index (χ3v) is 6.24. The lowest BCUT2D eigenvalue weighted by Crippen LogP contribution is -2.58. The van der Waals surface area contributed by atoms with Gasteiger partial charge in [-0.05, 0) is 31.6 Å². The van der Waals surface area contributed by atoms with Gasteiger partial charge in [-0.25, -0.2) is 0 Å². The number of carbonyl (C=O) groups excluding carboxylic acids is 1. The maximum atomic E-state index is 13.4. The molecule has 2 aliphatic carbocycles. The smallest absolute Gasteiger partial charge is 0.156 e. The zero-order valence-electron chi connectivity index (χ0n) is 13.6. The minimum atomic E-state index is -0.121. The SMILES string of the molecule is CCC1CCCC(C(=O)C2(N3CCOCC3)CCCC2)C1. The van der Waals surface area contributed by atoms with Crippen molar-refractivity contribution in [2.45, 2.75) is 70.3 Å². The number of hydrogen-bond acceptors (Lipinski definition) is 3. The zero-order valence-corrected chi connectivity index (χ0v) is 13.6. The van der Waals surface area contributed by atoms with Crippen LogP contribution in [-0.4, -0.2) is 42.5 Å². The number of hydrogen-bond donors (Lipinski definition) is 0. The Balaban J connectivity index is 1.75. The van der Waals surface area contributed by atoms with E-state index in [9.17, 15) is 4.79 Å². The summed E-state index contributed by atoms with van der Waals surface area (Å²) in [5, 5.41) is 0. The monoisotopic (exact) mass is 293 g/mol. The van der Waals surface area contributed by atoms with Crippen LogP contribution in [0.4, 0.5) is 0 Å². The van der Waals surface area contributed by atoms with Gasteiger partial charge < -0.3 is 4.74 Å². The quantitative estimate of drug-likeness (QED) is 0.795. The maximum absolute atomic E-state index is 13.4. The third kappa shape index (κ3) is 3.05. The van der Waals surface area contributed by atoms with Gasteiger partial charge >= 0.3 is 0 Å². The van der Waals surface area contributed by atoms with Gasteiger partial charge in [0.2, 0.25) is 0 Å². The molecule has 0 aromatic heterocycles. The van der Waals surface area contributed by atoms with E-state index in [2.05, 4.69) is 11.8 Å². The number of Topliss-reactive ketones (excluding diaryl/α,β-unsaturated/α-hetero) is 1. The predicted octanol–water partition coefficient (Wildman–Crippen LogP) is 3.42. The van der Waals surface area contributed by atoms with Crippen molar-refractivity contribution in [1.82, 2.24) is 4.90 Å². The number of morpholine rings is 1. The Labute approximate surface area is 129 Å². The second-order valence-corrected chi connectivity index (χ2v) is 7.34. The van der Waals surface area contributed by atoms with Crippen molar-refractivity contribution in [2.75, 3.05) is 26.3 Å². The van der Waals surface area contributed by atoms with Gasteiger partial charge in [-0.3, -0.25) is 9.69 Å². The molecule has 0 radical (unpaired) electrons. The van der Waals surface area contributed by atoms with Gasteiger partial charge in [-0.2, -0.15) is 0 Å². The molecule has 2 unspecified atom stereocenters. The average molecular weight is 293 g/mol. The van der Waals surface area contributed by atoms with Crippen LogP contribution in [0.25, 0.3) is 0 Å². The summed E-state index contributed by atoms with van der Waals surface area (Å²) in [4.78, 5) is 15.9. The molecule has 0 aromatic carbocycles. The molecule has 2 atom stereocenters. The minimum Gasteiger partial charge on any atom is -0.379 e. The van der Waals surface area contributed by atoms with Crippen molar-refractivity contribution in [3.8, 4) is 0 Å². The number of carbonyl (C=O) groups is 1. The van der Waals surface area contributed by atoms with E-state index in [0.29, 0.717) is 11.7 Å². The summed E-state index contributed by atoms with van der Waals surface area (Å²) in [7, 11) is 0. The Kier molecular flexibility index (Phi) is 5.00. The van der Waals surface area contributed by atoms with Crippen molar-refractivity contribution >= 4 is 5.78 Å². The van der Waals surface area contributed by atoms with E-state index in [4.69, 9.17) is 4.74 Å². The second-order valence-electron chi connectivity index (χ2n) is 7.34. The molecule has 0 spiro atoms. The Bertz CT molecular complexity index is 356. The molecule has 1 heterocycles. The fraction of sp³-hybridized carbons (Fsp3) is 0.944. The van der Waals surface area contributed by atoms with Gasteiger partial charge in [0, 0.05) is 19.0 Å². The fourth-order valence-electron chi connectivity index (χ4n) is 4.95. The van der Waals surface area contributed by atoms with Crippen LogP contribution < -0.4 is 0 Å². The van der Waals surface area contributed by atoms with E-state index < -0.39 is 0 Å². The molecule has 0 N–H and O–H groups in total. The molecule has 0 bridgehead atoms. The van der Waals surface area contributed by atoms with Crippen LogP contribution in [0.5, 0.6) is 0 Å². The number of ether oxygens (including phenoxy) is 1. The van der Waals surface area contributed by atoms with Gasteiger partial charge in [0.15, 0.2) is 5.78 Å². The molecular formula is C18H31NO2. The van der Waals surface area contributed by atoms with Crippen molar-refractivity contribution in [3.05, 3.63) is 0 Å². The molecule has 120 valence electrons. The van der Waals surface area contributed by atoms with E-state index in [0.717, 1.165) is 57.9 Å². The Morgan fingerprint density at radius 1 is 1.14 bits per heavy atom. The van der Waals surface area contributed by atoms with Crippen molar-refractivity contribution in [1.29, 1.82) is 0 Å². The predicted molar refractivity (Wildman–Crippen MR) is 84.3 cm³/mol. The summed E-state index contributed by atoms with van der Waals surface area (Å²) in [6.07, 6.45) is 10.8. The largest absolute Gasteiger partial charge is 0.379 e. The van der Waals surface area contributed by atoms with Crippen LogP contribution in [0.2, 0.25) is 0 Å². The van der Waals surface area contributed by atoms with E-state index >= 15 is 0 Å². The van der Waals surface area contributed by atoms with Gasteiger partial charge in [-0.15, -0.1) is 0 Å². The van der Waals surface area contributed by atoms with Crippen LogP contribution in [0.15, 0.2) is 0 Å². The lowest BCUT2D eigenvalue weighted by molar-refractivity contribution is -0.140. The first kappa shape index (κ1) is 15.5. The summed E-state index contributed by atoms with van der Waals surface area (Å²) < 4.78 is 5.51. The van der Waals surface area contributed by atoms with E-state index in [1.54, 1.807) is 0 Å². The topological polar surface area (TPSA) is 29.5 Å². The number of rotatable bonds is 4. The lowest BCUT2D eigenvalue weighted by Gasteiger charge is -2.44. The second kappa shape index (κ2) is 6.78. The summed E-state index contributed by atoms with van der Waals surface area (Å²) in [5.74, 6) is 1.72. The van der Waals surface area contributed by atoms with Crippen LogP contribution in [0.3, 0.4) is 0 Å². The summed E-state index contributed by atoms with van der Waals surface area (Å²) in [5.41, 5.74) is -0.121. The molecule has 3 nitrogen and oxygen atoms in total. The molecule has 21 heavy (non-hydrogen) atoms. The van der Waals surface area contributed by atoms with E-state index in [1.807, 2.05) is 0 Å². The van der Waals surface area contributed by atoms with Gasteiger partial charge in [0.05, 0.1) is 18.8 Å². The van der Waals surface area contributed by atoms with Crippen LogP contribution in [-0.2, 0) is 9.53 Å². The highest BCUT2D eigenvalue weighted by Gasteiger charge is 2.48. The zero-order chi connectivity index (χ0) is 14.7. The van der Waals surface area contributed by atoms with Crippen molar-refractivity contribution in [3.63, 3.8) is 0 Å². The van der Waals surface area contributed by atoms with Gasteiger partial charge in [-0.1, -0.05) is 39.0 Å². The highest BCUT2D eigenvalue weighted by molar-refractivity contribution is 5.91.